The van der Waals surface area contributed by atoms with Crippen molar-refractivity contribution in [2.75, 3.05) is 18.4 Å². The Balaban J connectivity index is 2.05. The van der Waals surface area contributed by atoms with Gasteiger partial charge in [-0.2, -0.15) is 0 Å². The molecule has 1 amide bonds. The minimum Gasteiger partial charge on any atom is -0.316 e. The number of aryl methyl sites for hydroxylation is 2. The highest BCUT2D eigenvalue weighted by atomic mass is 32.1. The smallest absolute Gasteiger partial charge is 0.232 e. The van der Waals surface area contributed by atoms with E-state index in [9.17, 15) is 4.79 Å². The first-order valence-electron chi connectivity index (χ1n) is 7.43. The van der Waals surface area contributed by atoms with Crippen molar-refractivity contribution >= 4 is 22.4 Å². The van der Waals surface area contributed by atoms with Crippen LogP contribution in [0.1, 0.15) is 44.2 Å². The Morgan fingerprint density at radius 2 is 2.30 bits per heavy atom. The number of rotatable bonds is 4. The molecule has 4 nitrogen and oxygen atoms in total. The first kappa shape index (κ1) is 15.4. The summed E-state index contributed by atoms with van der Waals surface area (Å²) in [4.78, 5) is 18.3. The first-order valence-corrected chi connectivity index (χ1v) is 8.25. The van der Waals surface area contributed by atoms with E-state index >= 15 is 0 Å². The van der Waals surface area contributed by atoms with E-state index in [2.05, 4.69) is 29.5 Å². The number of carbonyl (C=O) groups excluding carboxylic acids is 1. The molecule has 20 heavy (non-hydrogen) atoms. The van der Waals surface area contributed by atoms with Crippen molar-refractivity contribution in [3.63, 3.8) is 0 Å². The van der Waals surface area contributed by atoms with Crippen LogP contribution < -0.4 is 10.6 Å². The van der Waals surface area contributed by atoms with Crippen LogP contribution >= 0.6 is 11.3 Å². The molecule has 112 valence electrons. The van der Waals surface area contributed by atoms with Crippen LogP contribution in [-0.4, -0.2) is 24.0 Å². The lowest BCUT2D eigenvalue weighted by molar-refractivity contribution is -0.127. The lowest BCUT2D eigenvalue weighted by atomic mass is 9.74. The van der Waals surface area contributed by atoms with E-state index < -0.39 is 0 Å². The number of nitrogens with one attached hydrogen (secondary N) is 2. The summed E-state index contributed by atoms with van der Waals surface area (Å²) in [5.74, 6) is 0.477. The van der Waals surface area contributed by atoms with E-state index in [1.165, 1.54) is 4.88 Å². The lowest BCUT2D eigenvalue weighted by Gasteiger charge is -2.35. The van der Waals surface area contributed by atoms with Gasteiger partial charge in [0.25, 0.3) is 0 Å². The van der Waals surface area contributed by atoms with Crippen LogP contribution in [0.3, 0.4) is 0 Å². The number of piperidine rings is 1. The topological polar surface area (TPSA) is 54.0 Å². The zero-order chi connectivity index (χ0) is 14.8. The number of aromatic nitrogens is 1. The van der Waals surface area contributed by atoms with Gasteiger partial charge in [-0.05, 0) is 45.2 Å². The Morgan fingerprint density at radius 1 is 1.55 bits per heavy atom. The minimum absolute atomic E-state index is 0.0857. The van der Waals surface area contributed by atoms with Crippen LogP contribution in [0.25, 0.3) is 0 Å². The Morgan fingerprint density at radius 3 is 2.85 bits per heavy atom. The van der Waals surface area contributed by atoms with Crippen molar-refractivity contribution < 1.29 is 4.79 Å². The van der Waals surface area contributed by atoms with Crippen molar-refractivity contribution in [3.8, 4) is 0 Å². The van der Waals surface area contributed by atoms with E-state index in [-0.39, 0.29) is 11.3 Å². The summed E-state index contributed by atoms with van der Waals surface area (Å²) in [5.41, 5.74) is 0.724. The van der Waals surface area contributed by atoms with E-state index in [0.717, 1.165) is 43.2 Å². The van der Waals surface area contributed by atoms with Crippen molar-refractivity contribution in [1.29, 1.82) is 0 Å². The molecule has 0 radical (unpaired) electrons. The maximum Gasteiger partial charge on any atom is 0.232 e. The lowest BCUT2D eigenvalue weighted by Crippen LogP contribution is -2.44. The summed E-state index contributed by atoms with van der Waals surface area (Å²) in [6.07, 6.45) is 3.18. The van der Waals surface area contributed by atoms with Gasteiger partial charge in [-0.25, -0.2) is 4.98 Å². The molecule has 1 atom stereocenters. The van der Waals surface area contributed by atoms with Gasteiger partial charge in [0.15, 0.2) is 5.13 Å². The van der Waals surface area contributed by atoms with Crippen LogP contribution in [-0.2, 0) is 11.2 Å². The summed E-state index contributed by atoms with van der Waals surface area (Å²) in [5, 5.41) is 7.14. The van der Waals surface area contributed by atoms with Crippen LogP contribution in [0.15, 0.2) is 0 Å². The van der Waals surface area contributed by atoms with Crippen LogP contribution in [0.4, 0.5) is 5.13 Å². The molecule has 2 N–H and O–H groups in total. The maximum absolute atomic E-state index is 12.6. The molecule has 1 aliphatic rings. The average molecular weight is 295 g/mol. The molecule has 1 aromatic heterocycles. The summed E-state index contributed by atoms with van der Waals surface area (Å²) in [6.45, 7) is 10.2. The monoisotopic (exact) mass is 295 g/mol. The van der Waals surface area contributed by atoms with Crippen molar-refractivity contribution in [2.45, 2.75) is 47.0 Å². The third-order valence-corrected chi connectivity index (χ3v) is 5.28. The maximum atomic E-state index is 12.6. The highest BCUT2D eigenvalue weighted by molar-refractivity contribution is 7.15. The quantitative estimate of drug-likeness (QED) is 0.898. The molecular weight excluding hydrogens is 270 g/mol. The molecule has 2 heterocycles. The predicted octanol–water partition coefficient (Wildman–Crippen LogP) is 2.98. The van der Waals surface area contributed by atoms with Gasteiger partial charge in [0.1, 0.15) is 0 Å². The Labute approximate surface area is 125 Å². The molecule has 1 unspecified atom stereocenters. The Bertz CT molecular complexity index is 475. The molecule has 1 aromatic rings. The fraction of sp³-hybridized carbons (Fsp3) is 0.733. The zero-order valence-corrected chi connectivity index (χ0v) is 13.7. The van der Waals surface area contributed by atoms with Gasteiger partial charge in [-0.1, -0.05) is 20.8 Å². The fourth-order valence-electron chi connectivity index (χ4n) is 2.72. The highest BCUT2D eigenvalue weighted by Crippen LogP contribution is 2.33. The number of thiazole rings is 1. The van der Waals surface area contributed by atoms with Gasteiger partial charge in [0, 0.05) is 10.3 Å². The number of hydrogen-bond donors (Lipinski definition) is 2. The molecule has 1 saturated heterocycles. The third kappa shape index (κ3) is 3.20. The van der Waals surface area contributed by atoms with Crippen LogP contribution in [0.5, 0.6) is 0 Å². The molecular formula is C15H25N3OS. The average Bonchev–Trinajstić information content (AvgIpc) is 2.79. The van der Waals surface area contributed by atoms with Crippen molar-refractivity contribution in [2.24, 2.45) is 11.3 Å². The standard InChI is InChI=1S/C15H25N3OS/c1-5-12-10(2)20-14(17-12)18-13(19)15(3,4)11-7-6-8-16-9-11/h11,16H,5-9H2,1-4H3,(H,17,18,19). The second-order valence-electron chi connectivity index (χ2n) is 6.09. The number of nitrogens with zero attached hydrogens (tertiary/aromatic N) is 1. The minimum atomic E-state index is -0.362. The van der Waals surface area contributed by atoms with Gasteiger partial charge in [-0.3, -0.25) is 4.79 Å². The van der Waals surface area contributed by atoms with Crippen molar-refractivity contribution in [3.05, 3.63) is 10.6 Å². The summed E-state index contributed by atoms with van der Waals surface area (Å²) >= 11 is 1.57. The van der Waals surface area contributed by atoms with Gasteiger partial charge in [-0.15, -0.1) is 11.3 Å². The van der Waals surface area contributed by atoms with Gasteiger partial charge in [0.2, 0.25) is 5.91 Å². The van der Waals surface area contributed by atoms with Gasteiger partial charge < -0.3 is 10.6 Å². The Hall–Kier alpha value is -0.940. The molecule has 2 rings (SSSR count). The summed E-state index contributed by atoms with van der Waals surface area (Å²) < 4.78 is 0. The molecule has 0 aliphatic carbocycles. The number of amides is 1. The highest BCUT2D eigenvalue weighted by Gasteiger charge is 2.37. The van der Waals surface area contributed by atoms with Crippen LogP contribution in [0.2, 0.25) is 0 Å². The number of anilines is 1. The second-order valence-corrected chi connectivity index (χ2v) is 7.30. The largest absolute Gasteiger partial charge is 0.316 e. The zero-order valence-electron chi connectivity index (χ0n) is 12.9. The van der Waals surface area contributed by atoms with Gasteiger partial charge in [0.05, 0.1) is 5.69 Å². The van der Waals surface area contributed by atoms with E-state index in [1.807, 2.05) is 13.8 Å². The normalized spacial score (nSPS) is 19.9. The van der Waals surface area contributed by atoms with Gasteiger partial charge >= 0.3 is 0 Å². The van der Waals surface area contributed by atoms with E-state index in [0.29, 0.717) is 5.92 Å². The summed E-state index contributed by atoms with van der Waals surface area (Å²) in [7, 11) is 0. The third-order valence-electron chi connectivity index (χ3n) is 4.35. The molecule has 1 fully saturated rings. The van der Waals surface area contributed by atoms with Crippen LogP contribution in [0, 0.1) is 18.3 Å². The molecule has 5 heteroatoms. The second kappa shape index (κ2) is 6.22. The molecule has 0 saturated carbocycles. The number of hydrogen-bond acceptors (Lipinski definition) is 4. The molecule has 1 aliphatic heterocycles. The number of carbonyl (C=O) groups is 1. The van der Waals surface area contributed by atoms with E-state index in [4.69, 9.17) is 0 Å². The molecule has 0 aromatic carbocycles. The summed E-state index contributed by atoms with van der Waals surface area (Å²) in [6, 6.07) is 0. The first-order chi connectivity index (χ1) is 9.45. The Kier molecular flexibility index (Phi) is 4.81. The fourth-order valence-corrected chi connectivity index (χ4v) is 3.62. The predicted molar refractivity (Wildman–Crippen MR) is 84.2 cm³/mol. The molecule has 0 spiro atoms. The molecule has 0 bridgehead atoms. The SMILES string of the molecule is CCc1nc(NC(=O)C(C)(C)C2CCCNC2)sc1C. The van der Waals surface area contributed by atoms with E-state index in [1.54, 1.807) is 11.3 Å². The van der Waals surface area contributed by atoms with Crippen molar-refractivity contribution in [1.82, 2.24) is 10.3 Å².